The molecule has 0 radical (unpaired) electrons. The minimum absolute atomic E-state index is 0.495. The van der Waals surface area contributed by atoms with Gasteiger partial charge in [-0.3, -0.25) is 4.99 Å². The molecule has 1 fully saturated rings. The molecular formula is C17H25N9. The predicted molar refractivity (Wildman–Crippen MR) is 98.9 cm³/mol. The number of aryl methyl sites for hydroxylation is 2. The van der Waals surface area contributed by atoms with Crippen LogP contribution in [0.15, 0.2) is 23.5 Å². The van der Waals surface area contributed by atoms with Gasteiger partial charge in [0, 0.05) is 58.1 Å². The fraction of sp³-hybridized carbons (Fsp3) is 0.588. The highest BCUT2D eigenvalue weighted by Gasteiger charge is 2.23. The van der Waals surface area contributed by atoms with Crippen LogP contribution >= 0.6 is 0 Å². The van der Waals surface area contributed by atoms with Crippen molar-refractivity contribution >= 4 is 11.9 Å². The normalized spacial score (nSPS) is 21.0. The first-order valence-corrected chi connectivity index (χ1v) is 9.16. The van der Waals surface area contributed by atoms with Gasteiger partial charge in [0.05, 0.1) is 0 Å². The first-order valence-electron chi connectivity index (χ1n) is 9.16. The fourth-order valence-electron chi connectivity index (χ4n) is 3.59. The smallest absolute Gasteiger partial charge is 0.225 e. The van der Waals surface area contributed by atoms with Crippen molar-refractivity contribution in [2.45, 2.75) is 26.3 Å². The van der Waals surface area contributed by atoms with Gasteiger partial charge >= 0.3 is 0 Å². The van der Waals surface area contributed by atoms with Gasteiger partial charge in [-0.1, -0.05) is 0 Å². The Morgan fingerprint density at radius 1 is 1.19 bits per heavy atom. The average molecular weight is 355 g/mol. The van der Waals surface area contributed by atoms with Gasteiger partial charge in [-0.15, -0.1) is 10.2 Å². The summed E-state index contributed by atoms with van der Waals surface area (Å²) in [5.41, 5.74) is 6.25. The van der Waals surface area contributed by atoms with Crippen LogP contribution < -0.4 is 10.6 Å². The van der Waals surface area contributed by atoms with Gasteiger partial charge in [-0.2, -0.15) is 0 Å². The topological polar surface area (TPSA) is 101 Å². The minimum atomic E-state index is 0.495. The van der Waals surface area contributed by atoms with Gasteiger partial charge in [0.15, 0.2) is 5.96 Å². The second-order valence-electron chi connectivity index (χ2n) is 6.90. The second-order valence-corrected chi connectivity index (χ2v) is 6.90. The number of piperazine rings is 1. The van der Waals surface area contributed by atoms with Crippen LogP contribution in [0.1, 0.15) is 18.1 Å². The van der Waals surface area contributed by atoms with Crippen molar-refractivity contribution in [3.05, 3.63) is 30.1 Å². The zero-order valence-electron chi connectivity index (χ0n) is 15.1. The molecule has 2 aromatic rings. The predicted octanol–water partition coefficient (Wildman–Crippen LogP) is 0.0758. The maximum absolute atomic E-state index is 6.25. The van der Waals surface area contributed by atoms with Crippen molar-refractivity contribution in [2.24, 2.45) is 16.6 Å². The molecule has 0 aromatic carbocycles. The summed E-state index contributed by atoms with van der Waals surface area (Å²) in [6.45, 7) is 7.08. The lowest BCUT2D eigenvalue weighted by molar-refractivity contribution is 0.358. The molecule has 2 aliphatic rings. The standard InChI is InChI=1S/C17H25N9/c1-13-22-23-15-4-3-14(12-26(13)15)11-21-16(18)24-7-9-25(10-8-24)17-19-5-2-6-20-17/h2,5-6,14H,3-4,7-12H2,1H3,(H2,18,21). The van der Waals surface area contributed by atoms with E-state index in [1.54, 1.807) is 12.4 Å². The molecule has 9 heteroatoms. The Labute approximate surface area is 153 Å². The molecule has 0 spiro atoms. The summed E-state index contributed by atoms with van der Waals surface area (Å²) < 4.78 is 2.21. The Bertz CT molecular complexity index is 762. The number of fused-ring (bicyclic) bond motifs is 1. The molecule has 2 N–H and O–H groups in total. The van der Waals surface area contributed by atoms with Crippen LogP contribution in [0.4, 0.5) is 5.95 Å². The molecule has 0 bridgehead atoms. The van der Waals surface area contributed by atoms with Crippen LogP contribution in [-0.2, 0) is 13.0 Å². The van der Waals surface area contributed by atoms with Crippen molar-refractivity contribution in [3.8, 4) is 0 Å². The van der Waals surface area contributed by atoms with E-state index in [1.807, 2.05) is 13.0 Å². The summed E-state index contributed by atoms with van der Waals surface area (Å²) in [4.78, 5) is 17.6. The van der Waals surface area contributed by atoms with E-state index in [9.17, 15) is 0 Å². The van der Waals surface area contributed by atoms with Gasteiger partial charge < -0.3 is 20.1 Å². The van der Waals surface area contributed by atoms with E-state index in [0.717, 1.165) is 69.7 Å². The minimum Gasteiger partial charge on any atom is -0.370 e. The van der Waals surface area contributed by atoms with Crippen molar-refractivity contribution < 1.29 is 0 Å². The third-order valence-corrected chi connectivity index (χ3v) is 5.18. The lowest BCUT2D eigenvalue weighted by Crippen LogP contribution is -2.51. The van der Waals surface area contributed by atoms with Crippen molar-refractivity contribution in [3.63, 3.8) is 0 Å². The Morgan fingerprint density at radius 2 is 1.96 bits per heavy atom. The van der Waals surface area contributed by atoms with E-state index in [0.29, 0.717) is 11.9 Å². The zero-order chi connectivity index (χ0) is 17.9. The number of hydrogen-bond donors (Lipinski definition) is 1. The van der Waals surface area contributed by atoms with Crippen LogP contribution in [-0.4, -0.2) is 68.3 Å². The van der Waals surface area contributed by atoms with Crippen LogP contribution in [0.3, 0.4) is 0 Å². The second kappa shape index (κ2) is 7.27. The SMILES string of the molecule is Cc1nnc2n1CC(CN=C(N)N1CCN(c3ncccn3)CC1)CC2. The van der Waals surface area contributed by atoms with Crippen LogP contribution in [0, 0.1) is 12.8 Å². The molecule has 1 unspecified atom stereocenters. The van der Waals surface area contributed by atoms with Crippen LogP contribution in [0.25, 0.3) is 0 Å². The Morgan fingerprint density at radius 3 is 2.73 bits per heavy atom. The molecule has 9 nitrogen and oxygen atoms in total. The fourth-order valence-corrected chi connectivity index (χ4v) is 3.59. The number of nitrogens with two attached hydrogens (primary N) is 1. The third kappa shape index (κ3) is 3.47. The van der Waals surface area contributed by atoms with Crippen LogP contribution in [0.2, 0.25) is 0 Å². The summed E-state index contributed by atoms with van der Waals surface area (Å²) in [6.07, 6.45) is 5.61. The largest absolute Gasteiger partial charge is 0.370 e. The number of anilines is 1. The molecule has 4 heterocycles. The molecule has 2 aliphatic heterocycles. The maximum atomic E-state index is 6.25. The number of aromatic nitrogens is 5. The van der Waals surface area contributed by atoms with Gasteiger partial charge in [-0.25, -0.2) is 9.97 Å². The monoisotopic (exact) mass is 355 g/mol. The Balaban J connectivity index is 1.30. The van der Waals surface area contributed by atoms with E-state index >= 15 is 0 Å². The molecule has 26 heavy (non-hydrogen) atoms. The van der Waals surface area contributed by atoms with Gasteiger partial charge in [0.25, 0.3) is 0 Å². The lowest BCUT2D eigenvalue weighted by Gasteiger charge is -2.35. The Hall–Kier alpha value is -2.71. The lowest BCUT2D eigenvalue weighted by atomic mass is 9.99. The molecular weight excluding hydrogens is 330 g/mol. The van der Waals surface area contributed by atoms with Crippen LogP contribution in [0.5, 0.6) is 0 Å². The van der Waals surface area contributed by atoms with E-state index in [2.05, 4.69) is 39.5 Å². The third-order valence-electron chi connectivity index (χ3n) is 5.18. The summed E-state index contributed by atoms with van der Waals surface area (Å²) >= 11 is 0. The van der Waals surface area contributed by atoms with E-state index in [1.165, 1.54) is 0 Å². The van der Waals surface area contributed by atoms with Gasteiger partial charge in [-0.05, 0) is 25.3 Å². The molecule has 0 aliphatic carbocycles. The highest BCUT2D eigenvalue weighted by molar-refractivity contribution is 5.78. The molecule has 2 aromatic heterocycles. The summed E-state index contributed by atoms with van der Waals surface area (Å²) in [5, 5.41) is 8.38. The van der Waals surface area contributed by atoms with Gasteiger partial charge in [0.1, 0.15) is 11.6 Å². The zero-order valence-corrected chi connectivity index (χ0v) is 15.1. The summed E-state index contributed by atoms with van der Waals surface area (Å²) in [6, 6.07) is 1.83. The number of aliphatic imine (C=N–C) groups is 1. The number of rotatable bonds is 3. The van der Waals surface area contributed by atoms with Crippen molar-refractivity contribution in [1.82, 2.24) is 29.6 Å². The quantitative estimate of drug-likeness (QED) is 0.614. The summed E-state index contributed by atoms with van der Waals surface area (Å²) in [5.74, 6) is 4.00. The maximum Gasteiger partial charge on any atom is 0.225 e. The first kappa shape index (κ1) is 16.7. The molecule has 1 saturated heterocycles. The molecule has 0 saturated carbocycles. The van der Waals surface area contributed by atoms with E-state index in [-0.39, 0.29) is 0 Å². The van der Waals surface area contributed by atoms with Gasteiger partial charge in [0.2, 0.25) is 5.95 Å². The molecule has 1 atom stereocenters. The van der Waals surface area contributed by atoms with Crippen molar-refractivity contribution in [1.29, 1.82) is 0 Å². The van der Waals surface area contributed by atoms with Crippen molar-refractivity contribution in [2.75, 3.05) is 37.6 Å². The molecule has 0 amide bonds. The number of nitrogens with zero attached hydrogens (tertiary/aromatic N) is 8. The van der Waals surface area contributed by atoms with E-state index in [4.69, 9.17) is 5.73 Å². The Kier molecular flexibility index (Phi) is 4.68. The summed E-state index contributed by atoms with van der Waals surface area (Å²) in [7, 11) is 0. The molecule has 4 rings (SSSR count). The first-order chi connectivity index (χ1) is 12.7. The molecule has 138 valence electrons. The number of hydrogen-bond acceptors (Lipinski definition) is 6. The highest BCUT2D eigenvalue weighted by Crippen LogP contribution is 2.20. The highest BCUT2D eigenvalue weighted by atomic mass is 15.4. The van der Waals surface area contributed by atoms with E-state index < -0.39 is 0 Å². The average Bonchev–Trinajstić information content (AvgIpc) is 3.07. The number of guanidine groups is 1.